The summed E-state index contributed by atoms with van der Waals surface area (Å²) >= 11 is 0. The Hall–Kier alpha value is -2.66. The SMILES string of the molecule is CC(=O)N1CCc2cc(C(=O)CCCCNCCc3ccccc3O)ccc21. The molecule has 5 heteroatoms. The number of aromatic hydroxyl groups is 1. The summed E-state index contributed by atoms with van der Waals surface area (Å²) in [6.07, 6.45) is 3.93. The van der Waals surface area contributed by atoms with Gasteiger partial charge in [0.15, 0.2) is 5.78 Å². The number of ketones is 1. The summed E-state index contributed by atoms with van der Waals surface area (Å²) in [4.78, 5) is 25.8. The van der Waals surface area contributed by atoms with Crippen molar-refractivity contribution in [3.05, 3.63) is 59.2 Å². The zero-order valence-electron chi connectivity index (χ0n) is 16.4. The van der Waals surface area contributed by atoms with Crippen LogP contribution in [0, 0.1) is 0 Å². The number of rotatable bonds is 9. The fraction of sp³-hybridized carbons (Fsp3) is 0.391. The van der Waals surface area contributed by atoms with Crippen LogP contribution in [0.15, 0.2) is 42.5 Å². The smallest absolute Gasteiger partial charge is 0.223 e. The molecule has 0 spiro atoms. The molecule has 0 fully saturated rings. The highest BCUT2D eigenvalue weighted by molar-refractivity contribution is 5.98. The van der Waals surface area contributed by atoms with E-state index in [0.717, 1.165) is 61.2 Å². The van der Waals surface area contributed by atoms with E-state index in [2.05, 4.69) is 5.32 Å². The van der Waals surface area contributed by atoms with E-state index in [1.807, 2.05) is 36.4 Å². The monoisotopic (exact) mass is 380 g/mol. The maximum absolute atomic E-state index is 12.4. The van der Waals surface area contributed by atoms with Gasteiger partial charge in [-0.05, 0) is 74.2 Å². The average molecular weight is 380 g/mol. The summed E-state index contributed by atoms with van der Waals surface area (Å²) in [6, 6.07) is 13.1. The molecule has 5 nitrogen and oxygen atoms in total. The summed E-state index contributed by atoms with van der Waals surface area (Å²) < 4.78 is 0. The first-order valence-corrected chi connectivity index (χ1v) is 9.98. The van der Waals surface area contributed by atoms with Crippen molar-refractivity contribution < 1.29 is 14.7 Å². The van der Waals surface area contributed by atoms with E-state index >= 15 is 0 Å². The van der Waals surface area contributed by atoms with Crippen molar-refractivity contribution in [2.24, 2.45) is 0 Å². The first kappa shape index (κ1) is 20.1. The highest BCUT2D eigenvalue weighted by Gasteiger charge is 2.22. The van der Waals surface area contributed by atoms with E-state index in [-0.39, 0.29) is 11.7 Å². The van der Waals surface area contributed by atoms with E-state index in [1.54, 1.807) is 17.9 Å². The van der Waals surface area contributed by atoms with Crippen molar-refractivity contribution in [3.63, 3.8) is 0 Å². The number of para-hydroxylation sites is 1. The Labute approximate surface area is 166 Å². The van der Waals surface area contributed by atoms with Gasteiger partial charge in [0.05, 0.1) is 0 Å². The average Bonchev–Trinajstić information content (AvgIpc) is 3.12. The lowest BCUT2D eigenvalue weighted by Gasteiger charge is -2.14. The van der Waals surface area contributed by atoms with E-state index in [9.17, 15) is 14.7 Å². The largest absolute Gasteiger partial charge is 0.508 e. The van der Waals surface area contributed by atoms with Crippen LogP contribution < -0.4 is 10.2 Å². The predicted molar refractivity (Wildman–Crippen MR) is 111 cm³/mol. The minimum Gasteiger partial charge on any atom is -0.508 e. The predicted octanol–water partition coefficient (Wildman–Crippen LogP) is 3.49. The van der Waals surface area contributed by atoms with Crippen molar-refractivity contribution in [3.8, 4) is 5.75 Å². The number of nitrogens with one attached hydrogen (secondary N) is 1. The first-order chi connectivity index (χ1) is 13.6. The molecule has 3 rings (SSSR count). The van der Waals surface area contributed by atoms with Crippen molar-refractivity contribution in [2.45, 2.75) is 39.0 Å². The van der Waals surface area contributed by atoms with Gasteiger partial charge >= 0.3 is 0 Å². The van der Waals surface area contributed by atoms with Crippen LogP contribution in [0.3, 0.4) is 0 Å². The Morgan fingerprint density at radius 2 is 1.93 bits per heavy atom. The molecule has 0 atom stereocenters. The van der Waals surface area contributed by atoms with Crippen LogP contribution in [0.4, 0.5) is 5.69 Å². The summed E-state index contributed by atoms with van der Waals surface area (Å²) in [6.45, 7) is 3.95. The van der Waals surface area contributed by atoms with Crippen LogP contribution >= 0.6 is 0 Å². The Bertz CT molecular complexity index is 847. The lowest BCUT2D eigenvalue weighted by atomic mass is 10.0. The van der Waals surface area contributed by atoms with Gasteiger partial charge in [-0.1, -0.05) is 18.2 Å². The standard InChI is InChI=1S/C23H28N2O3/c1-17(26)25-15-12-19-16-20(9-10-21(19)25)23(28)8-4-5-13-24-14-11-18-6-2-3-7-22(18)27/h2-3,6-7,9-10,16,24,27H,4-5,8,11-15H2,1H3. The number of carbonyl (C=O) groups is 2. The second-order valence-corrected chi connectivity index (χ2v) is 7.27. The molecular weight excluding hydrogens is 352 g/mol. The molecule has 0 saturated carbocycles. The summed E-state index contributed by atoms with van der Waals surface area (Å²) in [5.41, 5.74) is 3.73. The van der Waals surface area contributed by atoms with Crippen molar-refractivity contribution >= 4 is 17.4 Å². The highest BCUT2D eigenvalue weighted by Crippen LogP contribution is 2.29. The number of unbranched alkanes of at least 4 members (excludes halogenated alkanes) is 1. The molecule has 0 saturated heterocycles. The van der Waals surface area contributed by atoms with Crippen molar-refractivity contribution in [1.82, 2.24) is 5.32 Å². The van der Waals surface area contributed by atoms with Crippen LogP contribution in [0.5, 0.6) is 5.75 Å². The topological polar surface area (TPSA) is 69.6 Å². The fourth-order valence-electron chi connectivity index (χ4n) is 3.65. The number of nitrogens with zero attached hydrogens (tertiary/aromatic N) is 1. The molecular formula is C23H28N2O3. The number of phenols is 1. The third-order valence-corrected chi connectivity index (χ3v) is 5.25. The van der Waals surface area contributed by atoms with Crippen molar-refractivity contribution in [2.75, 3.05) is 24.5 Å². The van der Waals surface area contributed by atoms with Gasteiger partial charge in [-0.25, -0.2) is 0 Å². The fourth-order valence-corrected chi connectivity index (χ4v) is 3.65. The number of carbonyl (C=O) groups excluding carboxylic acids is 2. The van der Waals surface area contributed by atoms with E-state index in [0.29, 0.717) is 18.7 Å². The molecule has 0 aliphatic carbocycles. The van der Waals surface area contributed by atoms with Gasteiger partial charge in [0, 0.05) is 31.1 Å². The molecule has 2 aromatic rings. The molecule has 0 unspecified atom stereocenters. The number of Topliss-reactive ketones (excluding diaryl/α,β-unsaturated/α-hetero) is 1. The molecule has 0 aromatic heterocycles. The normalized spacial score (nSPS) is 12.8. The lowest BCUT2D eigenvalue weighted by Crippen LogP contribution is -2.25. The third-order valence-electron chi connectivity index (χ3n) is 5.25. The molecule has 1 aliphatic heterocycles. The van der Waals surface area contributed by atoms with Gasteiger partial charge in [0.2, 0.25) is 5.91 Å². The first-order valence-electron chi connectivity index (χ1n) is 9.98. The molecule has 0 bridgehead atoms. The van der Waals surface area contributed by atoms with Gasteiger partial charge < -0.3 is 15.3 Å². The highest BCUT2D eigenvalue weighted by atomic mass is 16.3. The summed E-state index contributed by atoms with van der Waals surface area (Å²) in [5, 5.41) is 13.1. The molecule has 1 aliphatic rings. The van der Waals surface area contributed by atoms with Crippen LogP contribution in [-0.4, -0.2) is 36.4 Å². The molecule has 0 radical (unpaired) electrons. The molecule has 148 valence electrons. The minimum absolute atomic E-state index is 0.0489. The quantitative estimate of drug-likeness (QED) is 0.516. The zero-order valence-corrected chi connectivity index (χ0v) is 16.4. The van der Waals surface area contributed by atoms with Crippen LogP contribution in [0.2, 0.25) is 0 Å². The second-order valence-electron chi connectivity index (χ2n) is 7.27. The number of benzene rings is 2. The lowest BCUT2D eigenvalue weighted by molar-refractivity contribution is -0.116. The van der Waals surface area contributed by atoms with Crippen LogP contribution in [0.1, 0.15) is 47.7 Å². The zero-order chi connectivity index (χ0) is 19.9. The van der Waals surface area contributed by atoms with E-state index < -0.39 is 0 Å². The van der Waals surface area contributed by atoms with Gasteiger partial charge in [-0.15, -0.1) is 0 Å². The van der Waals surface area contributed by atoms with Crippen LogP contribution in [-0.2, 0) is 17.6 Å². The summed E-state index contributed by atoms with van der Waals surface area (Å²) in [5.74, 6) is 0.557. The van der Waals surface area contributed by atoms with E-state index in [1.165, 1.54) is 0 Å². The van der Waals surface area contributed by atoms with Crippen molar-refractivity contribution in [1.29, 1.82) is 0 Å². The maximum Gasteiger partial charge on any atom is 0.223 e. The Morgan fingerprint density at radius 1 is 1.11 bits per heavy atom. The van der Waals surface area contributed by atoms with Gasteiger partial charge in [0.25, 0.3) is 0 Å². The Balaban J connectivity index is 1.36. The maximum atomic E-state index is 12.4. The number of hydrogen-bond donors (Lipinski definition) is 2. The molecule has 1 heterocycles. The minimum atomic E-state index is 0.0489. The number of fused-ring (bicyclic) bond motifs is 1. The number of amides is 1. The third kappa shape index (κ3) is 4.98. The van der Waals surface area contributed by atoms with Gasteiger partial charge in [0.1, 0.15) is 5.75 Å². The van der Waals surface area contributed by atoms with Gasteiger partial charge in [-0.2, -0.15) is 0 Å². The summed E-state index contributed by atoms with van der Waals surface area (Å²) in [7, 11) is 0. The number of hydrogen-bond acceptors (Lipinski definition) is 4. The Morgan fingerprint density at radius 3 is 2.71 bits per heavy atom. The Kier molecular flexibility index (Phi) is 6.82. The molecule has 1 amide bonds. The van der Waals surface area contributed by atoms with Gasteiger partial charge in [-0.3, -0.25) is 9.59 Å². The number of anilines is 1. The molecule has 2 N–H and O–H groups in total. The number of phenolic OH excluding ortho intramolecular Hbond substituents is 1. The molecule has 28 heavy (non-hydrogen) atoms. The van der Waals surface area contributed by atoms with E-state index in [4.69, 9.17) is 0 Å². The van der Waals surface area contributed by atoms with Crippen LogP contribution in [0.25, 0.3) is 0 Å². The molecule has 2 aromatic carbocycles. The second kappa shape index (κ2) is 9.51.